The fourth-order valence-electron chi connectivity index (χ4n) is 2.28. The zero-order valence-electron chi connectivity index (χ0n) is 12.3. The largest absolute Gasteiger partial charge is 0.388 e. The molecule has 0 bridgehead atoms. The molecular weight excluding hydrogens is 256 g/mol. The van der Waals surface area contributed by atoms with Crippen molar-refractivity contribution in [3.05, 3.63) is 34.3 Å². The van der Waals surface area contributed by atoms with Crippen molar-refractivity contribution in [2.75, 3.05) is 0 Å². The van der Waals surface area contributed by atoms with E-state index in [1.807, 2.05) is 25.1 Å². The van der Waals surface area contributed by atoms with Crippen LogP contribution in [0.1, 0.15) is 75.5 Å². The highest BCUT2D eigenvalue weighted by atomic mass is 35.5. The molecule has 1 unspecified atom stereocenters. The van der Waals surface area contributed by atoms with Gasteiger partial charge in [-0.05, 0) is 30.5 Å². The van der Waals surface area contributed by atoms with Crippen molar-refractivity contribution < 1.29 is 5.11 Å². The maximum absolute atomic E-state index is 10.1. The molecule has 0 radical (unpaired) electrons. The van der Waals surface area contributed by atoms with E-state index >= 15 is 0 Å². The number of aryl methyl sites for hydroxylation is 1. The molecule has 1 N–H and O–H groups in total. The third kappa shape index (κ3) is 6.44. The summed E-state index contributed by atoms with van der Waals surface area (Å²) in [5.74, 6) is 0. The fourth-order valence-corrected chi connectivity index (χ4v) is 2.47. The molecule has 0 aromatic heterocycles. The Hall–Kier alpha value is -0.530. The van der Waals surface area contributed by atoms with Gasteiger partial charge in [0, 0.05) is 5.02 Å². The molecule has 0 fully saturated rings. The van der Waals surface area contributed by atoms with E-state index in [1.54, 1.807) is 0 Å². The quantitative estimate of drug-likeness (QED) is 0.566. The summed E-state index contributed by atoms with van der Waals surface area (Å²) >= 11 is 6.08. The maximum Gasteiger partial charge on any atom is 0.0790 e. The van der Waals surface area contributed by atoms with E-state index in [1.165, 1.54) is 38.5 Å². The highest BCUT2D eigenvalue weighted by Gasteiger charge is 2.08. The number of aliphatic hydroxyl groups is 1. The van der Waals surface area contributed by atoms with Gasteiger partial charge in [-0.3, -0.25) is 0 Å². The molecule has 0 aliphatic carbocycles. The van der Waals surface area contributed by atoms with E-state index < -0.39 is 0 Å². The van der Waals surface area contributed by atoms with Gasteiger partial charge in [0.25, 0.3) is 0 Å². The van der Waals surface area contributed by atoms with Crippen LogP contribution in [0.3, 0.4) is 0 Å². The summed E-state index contributed by atoms with van der Waals surface area (Å²) in [4.78, 5) is 0. The van der Waals surface area contributed by atoms with Crippen molar-refractivity contribution >= 4 is 11.6 Å². The smallest absolute Gasteiger partial charge is 0.0790 e. The second kappa shape index (κ2) is 9.39. The summed E-state index contributed by atoms with van der Waals surface area (Å²) < 4.78 is 0. The van der Waals surface area contributed by atoms with Gasteiger partial charge in [0.05, 0.1) is 6.10 Å². The molecule has 0 aliphatic heterocycles. The molecule has 1 aromatic carbocycles. The van der Waals surface area contributed by atoms with Gasteiger partial charge in [-0.15, -0.1) is 0 Å². The van der Waals surface area contributed by atoms with Crippen molar-refractivity contribution in [2.45, 2.75) is 71.3 Å². The summed E-state index contributed by atoms with van der Waals surface area (Å²) in [5.41, 5.74) is 2.01. The van der Waals surface area contributed by atoms with Gasteiger partial charge < -0.3 is 5.11 Å². The molecule has 0 saturated carbocycles. The lowest BCUT2D eigenvalue weighted by molar-refractivity contribution is 0.163. The monoisotopic (exact) mass is 282 g/mol. The minimum absolute atomic E-state index is 0.367. The van der Waals surface area contributed by atoms with Crippen molar-refractivity contribution in [3.63, 3.8) is 0 Å². The van der Waals surface area contributed by atoms with Gasteiger partial charge in [-0.2, -0.15) is 0 Å². The van der Waals surface area contributed by atoms with Crippen molar-refractivity contribution in [3.8, 4) is 0 Å². The van der Waals surface area contributed by atoms with Crippen LogP contribution in [0.5, 0.6) is 0 Å². The molecule has 1 rings (SSSR count). The lowest BCUT2D eigenvalue weighted by atomic mass is 10.0. The average Bonchev–Trinajstić information content (AvgIpc) is 2.40. The lowest BCUT2D eigenvalue weighted by Crippen LogP contribution is -1.98. The first kappa shape index (κ1) is 16.5. The Labute approximate surface area is 123 Å². The third-order valence-electron chi connectivity index (χ3n) is 3.66. The van der Waals surface area contributed by atoms with E-state index in [2.05, 4.69) is 6.92 Å². The normalized spacial score (nSPS) is 12.6. The van der Waals surface area contributed by atoms with Crippen LogP contribution in [-0.2, 0) is 0 Å². The molecule has 19 heavy (non-hydrogen) atoms. The summed E-state index contributed by atoms with van der Waals surface area (Å²) in [6.07, 6.45) is 9.42. The van der Waals surface area contributed by atoms with E-state index in [4.69, 9.17) is 11.6 Å². The Balaban J connectivity index is 2.20. The zero-order chi connectivity index (χ0) is 14.1. The number of aliphatic hydroxyl groups excluding tert-OH is 1. The molecule has 0 amide bonds. The SMILES string of the molecule is CCCCCCCCCC(O)c1ccc(C)c(Cl)c1. The Kier molecular flexibility index (Phi) is 8.16. The lowest BCUT2D eigenvalue weighted by Gasteiger charge is -2.12. The number of rotatable bonds is 9. The average molecular weight is 283 g/mol. The molecule has 0 aliphatic rings. The minimum atomic E-state index is -0.367. The van der Waals surface area contributed by atoms with Gasteiger partial charge in [-0.1, -0.05) is 75.6 Å². The fraction of sp³-hybridized carbons (Fsp3) is 0.647. The first-order valence-corrected chi connectivity index (χ1v) is 7.97. The van der Waals surface area contributed by atoms with Crippen LogP contribution >= 0.6 is 11.6 Å². The highest BCUT2D eigenvalue weighted by molar-refractivity contribution is 6.31. The third-order valence-corrected chi connectivity index (χ3v) is 4.07. The van der Waals surface area contributed by atoms with Crippen LogP contribution in [0.15, 0.2) is 18.2 Å². The minimum Gasteiger partial charge on any atom is -0.388 e. The van der Waals surface area contributed by atoms with Crippen LogP contribution in [0.4, 0.5) is 0 Å². The van der Waals surface area contributed by atoms with Gasteiger partial charge in [0.1, 0.15) is 0 Å². The van der Waals surface area contributed by atoms with Gasteiger partial charge in [-0.25, -0.2) is 0 Å². The molecule has 108 valence electrons. The Morgan fingerprint density at radius 3 is 2.32 bits per heavy atom. The number of benzene rings is 1. The van der Waals surface area contributed by atoms with Crippen LogP contribution in [0.2, 0.25) is 5.02 Å². The van der Waals surface area contributed by atoms with Gasteiger partial charge in [0.2, 0.25) is 0 Å². The summed E-state index contributed by atoms with van der Waals surface area (Å²) in [5, 5.41) is 10.9. The molecule has 1 nitrogen and oxygen atoms in total. The Bertz CT molecular complexity index is 362. The van der Waals surface area contributed by atoms with E-state index in [0.29, 0.717) is 0 Å². The van der Waals surface area contributed by atoms with Crippen LogP contribution in [0, 0.1) is 6.92 Å². The van der Waals surface area contributed by atoms with Crippen molar-refractivity contribution in [1.82, 2.24) is 0 Å². The van der Waals surface area contributed by atoms with Gasteiger partial charge in [0.15, 0.2) is 0 Å². The predicted octanol–water partition coefficient (Wildman–Crippen LogP) is 5.82. The van der Waals surface area contributed by atoms with Crippen LogP contribution in [0.25, 0.3) is 0 Å². The number of hydrogen-bond donors (Lipinski definition) is 1. The van der Waals surface area contributed by atoms with Crippen LogP contribution in [-0.4, -0.2) is 5.11 Å². The summed E-state index contributed by atoms with van der Waals surface area (Å²) in [6, 6.07) is 5.85. The van der Waals surface area contributed by atoms with E-state index in [-0.39, 0.29) is 6.10 Å². The molecule has 0 saturated heterocycles. The first-order valence-electron chi connectivity index (χ1n) is 7.59. The van der Waals surface area contributed by atoms with E-state index in [9.17, 15) is 5.11 Å². The molecular formula is C17H27ClO. The molecule has 1 aromatic rings. The van der Waals surface area contributed by atoms with Crippen molar-refractivity contribution in [1.29, 1.82) is 0 Å². The number of halogens is 1. The summed E-state index contributed by atoms with van der Waals surface area (Å²) in [7, 11) is 0. The zero-order valence-corrected chi connectivity index (χ0v) is 13.0. The number of hydrogen-bond acceptors (Lipinski definition) is 1. The molecule has 0 heterocycles. The number of unbranched alkanes of at least 4 members (excludes halogenated alkanes) is 6. The van der Waals surface area contributed by atoms with E-state index in [0.717, 1.165) is 29.0 Å². The Morgan fingerprint density at radius 1 is 1.05 bits per heavy atom. The molecule has 2 heteroatoms. The standard InChI is InChI=1S/C17H27ClO/c1-3-4-5-6-7-8-9-10-17(19)15-12-11-14(2)16(18)13-15/h11-13,17,19H,3-10H2,1-2H3. The molecule has 1 atom stereocenters. The Morgan fingerprint density at radius 2 is 1.68 bits per heavy atom. The van der Waals surface area contributed by atoms with Gasteiger partial charge >= 0.3 is 0 Å². The maximum atomic E-state index is 10.1. The second-order valence-electron chi connectivity index (χ2n) is 5.43. The second-order valence-corrected chi connectivity index (χ2v) is 5.84. The first-order chi connectivity index (χ1) is 9.15. The predicted molar refractivity (Wildman–Crippen MR) is 83.8 cm³/mol. The van der Waals surface area contributed by atoms with Crippen molar-refractivity contribution in [2.24, 2.45) is 0 Å². The highest BCUT2D eigenvalue weighted by Crippen LogP contribution is 2.25. The molecule has 0 spiro atoms. The summed E-state index contributed by atoms with van der Waals surface area (Å²) in [6.45, 7) is 4.22. The topological polar surface area (TPSA) is 20.2 Å². The van der Waals surface area contributed by atoms with Crippen LogP contribution < -0.4 is 0 Å².